The van der Waals surface area contributed by atoms with E-state index in [1.807, 2.05) is 20.8 Å². The fourth-order valence-electron chi connectivity index (χ4n) is 1.53. The number of anilines is 1. The Balaban J connectivity index is 2.72. The average Bonchev–Trinajstić information content (AvgIpc) is 2.44. The molecule has 6 heteroatoms. The molecule has 0 aromatic heterocycles. The van der Waals surface area contributed by atoms with E-state index in [-0.39, 0.29) is 11.6 Å². The number of carbonyl (C=O) groups is 2. The smallest absolute Gasteiger partial charge is 0.341 e. The predicted molar refractivity (Wildman–Crippen MR) is 80.7 cm³/mol. The highest BCUT2D eigenvalue weighted by Crippen LogP contribution is 2.20. The molecule has 0 radical (unpaired) electrons. The van der Waals surface area contributed by atoms with Crippen molar-refractivity contribution < 1.29 is 19.4 Å². The first kappa shape index (κ1) is 16.8. The molecule has 0 aliphatic carbocycles. The molecule has 116 valence electrons. The highest BCUT2D eigenvalue weighted by atomic mass is 16.5. The van der Waals surface area contributed by atoms with Crippen LogP contribution in [-0.4, -0.2) is 41.2 Å². The van der Waals surface area contributed by atoms with E-state index in [1.165, 1.54) is 0 Å². The molecule has 0 bridgehead atoms. The van der Waals surface area contributed by atoms with Crippen molar-refractivity contribution in [1.29, 1.82) is 0 Å². The largest absolute Gasteiger partial charge is 0.482 e. The van der Waals surface area contributed by atoms with Gasteiger partial charge in [-0.3, -0.25) is 0 Å². The van der Waals surface area contributed by atoms with Gasteiger partial charge in [0.1, 0.15) is 5.75 Å². The van der Waals surface area contributed by atoms with Gasteiger partial charge < -0.3 is 20.1 Å². The van der Waals surface area contributed by atoms with Crippen LogP contribution < -0.4 is 10.1 Å². The van der Waals surface area contributed by atoms with Crippen LogP contribution in [0.2, 0.25) is 0 Å². The van der Waals surface area contributed by atoms with Gasteiger partial charge in [0.05, 0.1) is 0 Å². The lowest BCUT2D eigenvalue weighted by Crippen LogP contribution is -2.46. The van der Waals surface area contributed by atoms with Gasteiger partial charge in [0, 0.05) is 24.3 Å². The SMILES string of the molecule is CCC(C)(C)N(C)C(=O)Nc1cccc(OCC(=O)O)c1. The summed E-state index contributed by atoms with van der Waals surface area (Å²) in [6, 6.07) is 6.42. The van der Waals surface area contributed by atoms with Crippen LogP contribution in [0.3, 0.4) is 0 Å². The van der Waals surface area contributed by atoms with E-state index < -0.39 is 12.6 Å². The number of nitrogens with zero attached hydrogens (tertiary/aromatic N) is 1. The molecule has 2 N–H and O–H groups in total. The molecule has 0 saturated heterocycles. The molecule has 0 heterocycles. The van der Waals surface area contributed by atoms with Gasteiger partial charge in [-0.1, -0.05) is 13.0 Å². The van der Waals surface area contributed by atoms with Crippen molar-refractivity contribution >= 4 is 17.7 Å². The van der Waals surface area contributed by atoms with Crippen molar-refractivity contribution in [3.05, 3.63) is 24.3 Å². The minimum Gasteiger partial charge on any atom is -0.482 e. The third-order valence-corrected chi connectivity index (χ3v) is 3.53. The second-order valence-corrected chi connectivity index (χ2v) is 5.37. The number of carboxylic acids is 1. The lowest BCUT2D eigenvalue weighted by atomic mass is 10.0. The molecular formula is C15H22N2O4. The molecule has 0 unspecified atom stereocenters. The number of rotatable bonds is 6. The van der Waals surface area contributed by atoms with Crippen LogP contribution in [-0.2, 0) is 4.79 Å². The van der Waals surface area contributed by atoms with Crippen LogP contribution in [0, 0.1) is 0 Å². The third kappa shape index (κ3) is 4.98. The summed E-state index contributed by atoms with van der Waals surface area (Å²) in [5.74, 6) is -0.651. The maximum absolute atomic E-state index is 12.2. The molecule has 0 fully saturated rings. The summed E-state index contributed by atoms with van der Waals surface area (Å²) in [5, 5.41) is 11.3. The van der Waals surface area contributed by atoms with E-state index in [0.717, 1.165) is 6.42 Å². The fraction of sp³-hybridized carbons (Fsp3) is 0.467. The lowest BCUT2D eigenvalue weighted by Gasteiger charge is -2.34. The zero-order valence-electron chi connectivity index (χ0n) is 12.8. The number of benzene rings is 1. The average molecular weight is 294 g/mol. The number of aliphatic carboxylic acids is 1. The quantitative estimate of drug-likeness (QED) is 0.845. The monoisotopic (exact) mass is 294 g/mol. The highest BCUT2D eigenvalue weighted by Gasteiger charge is 2.25. The standard InChI is InChI=1S/C15H22N2O4/c1-5-15(2,3)17(4)14(20)16-11-7-6-8-12(9-11)21-10-13(18)19/h6-9H,5,10H2,1-4H3,(H,16,20)(H,18,19). The summed E-state index contributed by atoms with van der Waals surface area (Å²) in [6.45, 7) is 5.57. The number of urea groups is 1. The van der Waals surface area contributed by atoms with Crippen LogP contribution in [0.5, 0.6) is 5.75 Å². The molecule has 0 aliphatic rings. The van der Waals surface area contributed by atoms with Crippen molar-refractivity contribution in [1.82, 2.24) is 4.90 Å². The first-order chi connectivity index (χ1) is 9.76. The Kier molecular flexibility index (Phi) is 5.58. The van der Waals surface area contributed by atoms with Gasteiger partial charge in [0.15, 0.2) is 6.61 Å². The molecule has 21 heavy (non-hydrogen) atoms. The summed E-state index contributed by atoms with van der Waals surface area (Å²) in [4.78, 5) is 24.3. The molecular weight excluding hydrogens is 272 g/mol. The van der Waals surface area contributed by atoms with Gasteiger partial charge in [-0.2, -0.15) is 0 Å². The molecule has 0 saturated carbocycles. The van der Waals surface area contributed by atoms with Crippen molar-refractivity contribution in [2.75, 3.05) is 19.0 Å². The van der Waals surface area contributed by atoms with E-state index in [0.29, 0.717) is 11.4 Å². The van der Waals surface area contributed by atoms with E-state index in [9.17, 15) is 9.59 Å². The normalized spacial score (nSPS) is 10.9. The number of hydrogen-bond acceptors (Lipinski definition) is 3. The van der Waals surface area contributed by atoms with Crippen molar-refractivity contribution in [2.45, 2.75) is 32.7 Å². The summed E-state index contributed by atoms with van der Waals surface area (Å²) in [7, 11) is 1.74. The summed E-state index contributed by atoms with van der Waals surface area (Å²) >= 11 is 0. The van der Waals surface area contributed by atoms with Gasteiger partial charge in [0.25, 0.3) is 0 Å². The van der Waals surface area contributed by atoms with Crippen LogP contribution >= 0.6 is 0 Å². The first-order valence-electron chi connectivity index (χ1n) is 6.75. The molecule has 1 aromatic rings. The highest BCUT2D eigenvalue weighted by molar-refractivity contribution is 5.89. The molecule has 1 aromatic carbocycles. The number of amides is 2. The van der Waals surface area contributed by atoms with E-state index >= 15 is 0 Å². The Hall–Kier alpha value is -2.24. The third-order valence-electron chi connectivity index (χ3n) is 3.53. The molecule has 0 aliphatic heterocycles. The molecule has 6 nitrogen and oxygen atoms in total. The predicted octanol–water partition coefficient (Wildman–Crippen LogP) is 2.80. The molecule has 0 spiro atoms. The molecule has 0 atom stereocenters. The maximum Gasteiger partial charge on any atom is 0.341 e. The van der Waals surface area contributed by atoms with Gasteiger partial charge >= 0.3 is 12.0 Å². The minimum absolute atomic E-state index is 0.225. The Morgan fingerprint density at radius 3 is 2.62 bits per heavy atom. The summed E-state index contributed by atoms with van der Waals surface area (Å²) < 4.78 is 5.07. The van der Waals surface area contributed by atoms with Crippen LogP contribution in [0.15, 0.2) is 24.3 Å². The van der Waals surface area contributed by atoms with Crippen LogP contribution in [0.1, 0.15) is 27.2 Å². The summed E-state index contributed by atoms with van der Waals surface area (Å²) in [5.41, 5.74) is 0.309. The number of nitrogens with one attached hydrogen (secondary N) is 1. The van der Waals surface area contributed by atoms with Crippen molar-refractivity contribution in [3.8, 4) is 5.75 Å². The Labute approximate surface area is 124 Å². The Morgan fingerprint density at radius 2 is 2.05 bits per heavy atom. The number of hydrogen-bond donors (Lipinski definition) is 2. The second kappa shape index (κ2) is 6.97. The Morgan fingerprint density at radius 1 is 1.38 bits per heavy atom. The zero-order valence-corrected chi connectivity index (χ0v) is 12.8. The zero-order chi connectivity index (χ0) is 16.0. The van der Waals surface area contributed by atoms with Crippen molar-refractivity contribution in [2.24, 2.45) is 0 Å². The first-order valence-corrected chi connectivity index (χ1v) is 6.75. The van der Waals surface area contributed by atoms with E-state index in [1.54, 1.807) is 36.2 Å². The van der Waals surface area contributed by atoms with Crippen LogP contribution in [0.25, 0.3) is 0 Å². The minimum atomic E-state index is -1.05. The van der Waals surface area contributed by atoms with E-state index in [2.05, 4.69) is 5.32 Å². The Bertz CT molecular complexity index is 514. The number of ether oxygens (including phenoxy) is 1. The number of carboxylic acid groups (broad SMARTS) is 1. The second-order valence-electron chi connectivity index (χ2n) is 5.37. The van der Waals surface area contributed by atoms with E-state index in [4.69, 9.17) is 9.84 Å². The fourth-order valence-corrected chi connectivity index (χ4v) is 1.53. The lowest BCUT2D eigenvalue weighted by molar-refractivity contribution is -0.139. The van der Waals surface area contributed by atoms with Gasteiger partial charge in [0.2, 0.25) is 0 Å². The van der Waals surface area contributed by atoms with Gasteiger partial charge in [-0.15, -0.1) is 0 Å². The van der Waals surface area contributed by atoms with Gasteiger partial charge in [-0.05, 0) is 32.4 Å². The maximum atomic E-state index is 12.2. The van der Waals surface area contributed by atoms with Gasteiger partial charge in [-0.25, -0.2) is 9.59 Å². The topological polar surface area (TPSA) is 78.9 Å². The molecule has 1 rings (SSSR count). The summed E-state index contributed by atoms with van der Waals surface area (Å²) in [6.07, 6.45) is 0.832. The number of carbonyl (C=O) groups excluding carboxylic acids is 1. The van der Waals surface area contributed by atoms with Crippen LogP contribution in [0.4, 0.5) is 10.5 Å². The van der Waals surface area contributed by atoms with Crippen molar-refractivity contribution in [3.63, 3.8) is 0 Å². The molecule has 2 amide bonds.